The molecule has 0 atom stereocenters. The topological polar surface area (TPSA) is 30.7 Å². The molecule has 0 fully saturated rings. The average molecular weight is 249 g/mol. The van der Waals surface area contributed by atoms with Crippen molar-refractivity contribution in [2.75, 3.05) is 0 Å². The molecule has 3 nitrogen and oxygen atoms in total. The Bertz CT molecular complexity index is 699. The van der Waals surface area contributed by atoms with Gasteiger partial charge in [0.2, 0.25) is 0 Å². The highest BCUT2D eigenvalue weighted by molar-refractivity contribution is 5.66. The van der Waals surface area contributed by atoms with Crippen molar-refractivity contribution in [3.05, 3.63) is 66.1 Å². The molecule has 0 saturated carbocycles. The van der Waals surface area contributed by atoms with E-state index in [-0.39, 0.29) is 0 Å². The predicted octanol–water partition coefficient (Wildman–Crippen LogP) is 3.55. The first-order chi connectivity index (χ1) is 9.25. The summed E-state index contributed by atoms with van der Waals surface area (Å²) in [6.07, 6.45) is 5.61. The first-order valence-corrected chi connectivity index (χ1v) is 6.28. The van der Waals surface area contributed by atoms with E-state index in [1.54, 1.807) is 12.4 Å². The van der Waals surface area contributed by atoms with Crippen molar-refractivity contribution in [3.63, 3.8) is 0 Å². The highest BCUT2D eigenvalue weighted by Gasteiger charge is 2.10. The van der Waals surface area contributed by atoms with Gasteiger partial charge in [0, 0.05) is 24.2 Å². The summed E-state index contributed by atoms with van der Waals surface area (Å²) in [5.74, 6) is 0. The van der Waals surface area contributed by atoms with Gasteiger partial charge >= 0.3 is 0 Å². The second-order valence-corrected chi connectivity index (χ2v) is 4.63. The molecule has 0 radical (unpaired) electrons. The fourth-order valence-electron chi connectivity index (χ4n) is 2.19. The van der Waals surface area contributed by atoms with Gasteiger partial charge in [0.1, 0.15) is 0 Å². The summed E-state index contributed by atoms with van der Waals surface area (Å²) in [5, 5.41) is 4.70. The standard InChI is InChI=1S/C16H15N3/c1-12-5-3-4-6-15(12)16-13(2)11-19(18-16)14-7-9-17-10-8-14/h3-11H,1-2H3. The van der Waals surface area contributed by atoms with E-state index in [0.29, 0.717) is 0 Å². The van der Waals surface area contributed by atoms with Crippen molar-refractivity contribution in [1.82, 2.24) is 14.8 Å². The molecule has 94 valence electrons. The molecule has 3 heteroatoms. The monoisotopic (exact) mass is 249 g/mol. The molecule has 0 saturated heterocycles. The van der Waals surface area contributed by atoms with Crippen LogP contribution in [0.3, 0.4) is 0 Å². The van der Waals surface area contributed by atoms with Gasteiger partial charge in [0.15, 0.2) is 0 Å². The van der Waals surface area contributed by atoms with Crippen molar-refractivity contribution in [3.8, 4) is 16.9 Å². The predicted molar refractivity (Wildman–Crippen MR) is 76.3 cm³/mol. The van der Waals surface area contributed by atoms with Crippen molar-refractivity contribution in [2.24, 2.45) is 0 Å². The summed E-state index contributed by atoms with van der Waals surface area (Å²) in [6, 6.07) is 12.2. The van der Waals surface area contributed by atoms with Crippen LogP contribution in [0.5, 0.6) is 0 Å². The van der Waals surface area contributed by atoms with E-state index in [9.17, 15) is 0 Å². The van der Waals surface area contributed by atoms with Gasteiger partial charge in [-0.3, -0.25) is 4.98 Å². The van der Waals surface area contributed by atoms with E-state index in [2.05, 4.69) is 37.2 Å². The zero-order valence-electron chi connectivity index (χ0n) is 11.0. The zero-order chi connectivity index (χ0) is 13.2. The summed E-state index contributed by atoms with van der Waals surface area (Å²) < 4.78 is 1.90. The zero-order valence-corrected chi connectivity index (χ0v) is 11.0. The lowest BCUT2D eigenvalue weighted by Crippen LogP contribution is -1.95. The smallest absolute Gasteiger partial charge is 0.0959 e. The van der Waals surface area contributed by atoms with Crippen molar-refractivity contribution in [1.29, 1.82) is 0 Å². The number of pyridine rings is 1. The summed E-state index contributed by atoms with van der Waals surface area (Å²) in [5.41, 5.74) is 5.66. The lowest BCUT2D eigenvalue weighted by molar-refractivity contribution is 0.880. The van der Waals surface area contributed by atoms with Crippen molar-refractivity contribution in [2.45, 2.75) is 13.8 Å². The summed E-state index contributed by atoms with van der Waals surface area (Å²) >= 11 is 0. The Hall–Kier alpha value is -2.42. The lowest BCUT2D eigenvalue weighted by Gasteiger charge is -2.03. The Labute approximate surface area is 112 Å². The van der Waals surface area contributed by atoms with Crippen molar-refractivity contribution >= 4 is 0 Å². The Morgan fingerprint density at radius 2 is 1.63 bits per heavy atom. The number of aromatic nitrogens is 3. The number of nitrogens with zero attached hydrogens (tertiary/aromatic N) is 3. The third-order valence-corrected chi connectivity index (χ3v) is 3.22. The maximum absolute atomic E-state index is 4.70. The van der Waals surface area contributed by atoms with Crippen LogP contribution in [-0.4, -0.2) is 14.8 Å². The van der Waals surface area contributed by atoms with E-state index in [1.165, 1.54) is 16.7 Å². The third-order valence-electron chi connectivity index (χ3n) is 3.22. The second kappa shape index (κ2) is 4.69. The molecular formula is C16H15N3. The van der Waals surface area contributed by atoms with E-state index in [1.807, 2.05) is 28.9 Å². The van der Waals surface area contributed by atoms with Crippen LogP contribution in [0, 0.1) is 13.8 Å². The van der Waals surface area contributed by atoms with Crippen LogP contribution in [0.4, 0.5) is 0 Å². The van der Waals surface area contributed by atoms with Crippen LogP contribution in [0.1, 0.15) is 11.1 Å². The minimum absolute atomic E-state index is 1.03. The number of hydrogen-bond donors (Lipinski definition) is 0. The van der Waals surface area contributed by atoms with E-state index < -0.39 is 0 Å². The highest BCUT2D eigenvalue weighted by Crippen LogP contribution is 2.25. The highest BCUT2D eigenvalue weighted by atomic mass is 15.3. The van der Waals surface area contributed by atoms with Gasteiger partial charge < -0.3 is 0 Å². The molecule has 0 aliphatic rings. The van der Waals surface area contributed by atoms with Crippen LogP contribution in [0.15, 0.2) is 55.0 Å². The molecule has 3 rings (SSSR count). The molecule has 0 amide bonds. The van der Waals surface area contributed by atoms with Gasteiger partial charge in [0.25, 0.3) is 0 Å². The Kier molecular flexibility index (Phi) is 2.88. The van der Waals surface area contributed by atoms with Crippen LogP contribution >= 0.6 is 0 Å². The molecule has 3 aromatic rings. The number of aryl methyl sites for hydroxylation is 2. The van der Waals surface area contributed by atoms with E-state index in [4.69, 9.17) is 5.10 Å². The fraction of sp³-hybridized carbons (Fsp3) is 0.125. The summed E-state index contributed by atoms with van der Waals surface area (Å²) in [7, 11) is 0. The van der Waals surface area contributed by atoms with Crippen molar-refractivity contribution < 1.29 is 0 Å². The molecule has 2 heterocycles. The first-order valence-electron chi connectivity index (χ1n) is 6.28. The van der Waals surface area contributed by atoms with Gasteiger partial charge in [-0.2, -0.15) is 5.10 Å². The quantitative estimate of drug-likeness (QED) is 0.695. The van der Waals surface area contributed by atoms with Crippen LogP contribution in [-0.2, 0) is 0 Å². The minimum Gasteiger partial charge on any atom is -0.265 e. The molecule has 19 heavy (non-hydrogen) atoms. The van der Waals surface area contributed by atoms with Crippen LogP contribution in [0.25, 0.3) is 16.9 Å². The molecule has 1 aromatic carbocycles. The van der Waals surface area contributed by atoms with Gasteiger partial charge in [-0.25, -0.2) is 4.68 Å². The molecular weight excluding hydrogens is 234 g/mol. The molecule has 0 aliphatic heterocycles. The summed E-state index contributed by atoms with van der Waals surface area (Å²) in [4.78, 5) is 4.03. The van der Waals surface area contributed by atoms with Gasteiger partial charge in [-0.15, -0.1) is 0 Å². The Morgan fingerprint density at radius 1 is 0.895 bits per heavy atom. The second-order valence-electron chi connectivity index (χ2n) is 4.63. The number of benzene rings is 1. The summed E-state index contributed by atoms with van der Waals surface area (Å²) in [6.45, 7) is 4.20. The first kappa shape index (κ1) is 11.7. The molecule has 0 spiro atoms. The molecule has 0 aliphatic carbocycles. The lowest BCUT2D eigenvalue weighted by atomic mass is 10.0. The van der Waals surface area contributed by atoms with E-state index >= 15 is 0 Å². The largest absolute Gasteiger partial charge is 0.265 e. The average Bonchev–Trinajstić information content (AvgIpc) is 2.82. The SMILES string of the molecule is Cc1ccccc1-c1nn(-c2ccncc2)cc1C. The number of hydrogen-bond acceptors (Lipinski definition) is 2. The van der Waals surface area contributed by atoms with Gasteiger partial charge in [-0.1, -0.05) is 24.3 Å². The maximum atomic E-state index is 4.70. The minimum atomic E-state index is 1.03. The van der Waals surface area contributed by atoms with Crippen LogP contribution < -0.4 is 0 Å². The normalized spacial score (nSPS) is 10.6. The fourth-order valence-corrected chi connectivity index (χ4v) is 2.19. The Balaban J connectivity index is 2.11. The third kappa shape index (κ3) is 2.15. The Morgan fingerprint density at radius 3 is 2.37 bits per heavy atom. The van der Waals surface area contributed by atoms with Crippen LogP contribution in [0.2, 0.25) is 0 Å². The van der Waals surface area contributed by atoms with Gasteiger partial charge in [0.05, 0.1) is 11.4 Å². The molecule has 2 aromatic heterocycles. The molecule has 0 bridgehead atoms. The molecule has 0 unspecified atom stereocenters. The van der Waals surface area contributed by atoms with Gasteiger partial charge in [-0.05, 0) is 37.1 Å². The van der Waals surface area contributed by atoms with E-state index in [0.717, 1.165) is 11.4 Å². The maximum Gasteiger partial charge on any atom is 0.0959 e. The number of rotatable bonds is 2. The molecule has 0 N–H and O–H groups in total.